The topological polar surface area (TPSA) is 78.4 Å². The van der Waals surface area contributed by atoms with Gasteiger partial charge < -0.3 is 15.7 Å². The van der Waals surface area contributed by atoms with Crippen LogP contribution in [0.15, 0.2) is 0 Å². The SMILES string of the molecule is CC(C)(C)C(O)CNC(=O)CCNC(=O)C1CCCCC1. The molecule has 0 saturated heterocycles. The maximum absolute atomic E-state index is 11.9. The normalized spacial score (nSPS) is 18.1. The van der Waals surface area contributed by atoms with E-state index in [2.05, 4.69) is 10.6 Å². The van der Waals surface area contributed by atoms with Crippen molar-refractivity contribution in [2.24, 2.45) is 11.3 Å². The summed E-state index contributed by atoms with van der Waals surface area (Å²) in [6.07, 6.45) is 5.11. The monoisotopic (exact) mass is 298 g/mol. The third-order valence-electron chi connectivity index (χ3n) is 4.12. The van der Waals surface area contributed by atoms with Crippen molar-refractivity contribution in [1.82, 2.24) is 10.6 Å². The summed E-state index contributed by atoms with van der Waals surface area (Å²) >= 11 is 0. The lowest BCUT2D eigenvalue weighted by Crippen LogP contribution is -2.40. The number of aliphatic hydroxyl groups is 1. The largest absolute Gasteiger partial charge is 0.391 e. The van der Waals surface area contributed by atoms with Crippen LogP contribution in [0.1, 0.15) is 59.3 Å². The van der Waals surface area contributed by atoms with Crippen LogP contribution in [0.2, 0.25) is 0 Å². The molecule has 5 nitrogen and oxygen atoms in total. The molecule has 5 heteroatoms. The number of carbonyl (C=O) groups excluding carboxylic acids is 2. The second kappa shape index (κ2) is 8.37. The summed E-state index contributed by atoms with van der Waals surface area (Å²) in [5, 5.41) is 15.4. The van der Waals surface area contributed by atoms with Crippen LogP contribution < -0.4 is 10.6 Å². The average Bonchev–Trinajstić information content (AvgIpc) is 2.44. The molecule has 0 bridgehead atoms. The van der Waals surface area contributed by atoms with E-state index < -0.39 is 6.10 Å². The molecule has 0 spiro atoms. The van der Waals surface area contributed by atoms with Crippen LogP contribution in [0.4, 0.5) is 0 Å². The molecule has 1 aliphatic carbocycles. The van der Waals surface area contributed by atoms with E-state index in [1.807, 2.05) is 20.8 Å². The quantitative estimate of drug-likeness (QED) is 0.697. The zero-order valence-corrected chi connectivity index (χ0v) is 13.6. The maximum atomic E-state index is 11.9. The van der Waals surface area contributed by atoms with Crippen molar-refractivity contribution in [3.8, 4) is 0 Å². The molecule has 2 amide bonds. The summed E-state index contributed by atoms with van der Waals surface area (Å²) < 4.78 is 0. The van der Waals surface area contributed by atoms with Gasteiger partial charge in [-0.2, -0.15) is 0 Å². The highest BCUT2D eigenvalue weighted by atomic mass is 16.3. The standard InChI is InChI=1S/C16H30N2O3/c1-16(2,3)13(19)11-18-14(20)9-10-17-15(21)12-7-5-4-6-8-12/h12-13,19H,4-11H2,1-3H3,(H,17,21)(H,18,20). The Kier molecular flexibility index (Phi) is 7.15. The predicted octanol–water partition coefficient (Wildman–Crippen LogP) is 1.60. The fraction of sp³-hybridized carbons (Fsp3) is 0.875. The molecule has 1 saturated carbocycles. The molecular formula is C16H30N2O3. The van der Waals surface area contributed by atoms with Crippen LogP contribution >= 0.6 is 0 Å². The van der Waals surface area contributed by atoms with Crippen molar-refractivity contribution in [2.45, 2.75) is 65.4 Å². The smallest absolute Gasteiger partial charge is 0.223 e. The number of carbonyl (C=O) groups is 2. The van der Waals surface area contributed by atoms with Gasteiger partial charge in [0.2, 0.25) is 11.8 Å². The van der Waals surface area contributed by atoms with Gasteiger partial charge in [0.15, 0.2) is 0 Å². The van der Waals surface area contributed by atoms with Crippen LogP contribution in [-0.4, -0.2) is 36.1 Å². The predicted molar refractivity (Wildman–Crippen MR) is 82.7 cm³/mol. The first-order chi connectivity index (χ1) is 9.80. The molecule has 0 aromatic heterocycles. The van der Waals surface area contributed by atoms with Gasteiger partial charge in [-0.1, -0.05) is 40.0 Å². The van der Waals surface area contributed by atoms with Crippen LogP contribution in [0, 0.1) is 11.3 Å². The Hall–Kier alpha value is -1.10. The third kappa shape index (κ3) is 6.93. The maximum Gasteiger partial charge on any atom is 0.223 e. The molecule has 0 aromatic carbocycles. The lowest BCUT2D eigenvalue weighted by atomic mass is 9.88. The van der Waals surface area contributed by atoms with Gasteiger partial charge in [0.05, 0.1) is 6.10 Å². The first-order valence-electron chi connectivity index (χ1n) is 8.03. The van der Waals surface area contributed by atoms with E-state index in [-0.39, 0.29) is 36.1 Å². The first-order valence-corrected chi connectivity index (χ1v) is 8.03. The molecule has 1 aliphatic rings. The van der Waals surface area contributed by atoms with Gasteiger partial charge in [0.1, 0.15) is 0 Å². The average molecular weight is 298 g/mol. The fourth-order valence-corrected chi connectivity index (χ4v) is 2.41. The van der Waals surface area contributed by atoms with E-state index in [0.717, 1.165) is 25.7 Å². The molecule has 122 valence electrons. The minimum absolute atomic E-state index is 0.0808. The Morgan fingerprint density at radius 1 is 1.14 bits per heavy atom. The minimum Gasteiger partial charge on any atom is -0.391 e. The molecule has 0 radical (unpaired) electrons. The molecule has 1 fully saturated rings. The Morgan fingerprint density at radius 2 is 1.76 bits per heavy atom. The van der Waals surface area contributed by atoms with E-state index in [1.165, 1.54) is 6.42 Å². The second-order valence-corrected chi connectivity index (χ2v) is 7.06. The van der Waals surface area contributed by atoms with Crippen LogP contribution in [0.25, 0.3) is 0 Å². The zero-order valence-electron chi connectivity index (χ0n) is 13.6. The molecule has 1 rings (SSSR count). The Balaban J connectivity index is 2.14. The van der Waals surface area contributed by atoms with Crippen molar-refractivity contribution in [1.29, 1.82) is 0 Å². The van der Waals surface area contributed by atoms with Gasteiger partial charge in [-0.15, -0.1) is 0 Å². The van der Waals surface area contributed by atoms with E-state index in [1.54, 1.807) is 0 Å². The molecule has 0 aliphatic heterocycles. The van der Waals surface area contributed by atoms with Crippen molar-refractivity contribution in [3.63, 3.8) is 0 Å². The summed E-state index contributed by atoms with van der Waals surface area (Å²) in [7, 11) is 0. The molecule has 1 atom stereocenters. The molecule has 0 heterocycles. The highest BCUT2D eigenvalue weighted by molar-refractivity contribution is 5.80. The number of nitrogens with one attached hydrogen (secondary N) is 2. The first kappa shape index (κ1) is 18.0. The summed E-state index contributed by atoms with van der Waals surface area (Å²) in [6, 6.07) is 0. The van der Waals surface area contributed by atoms with E-state index >= 15 is 0 Å². The second-order valence-electron chi connectivity index (χ2n) is 7.06. The number of hydrogen-bond acceptors (Lipinski definition) is 3. The zero-order chi connectivity index (χ0) is 15.9. The van der Waals surface area contributed by atoms with Crippen molar-refractivity contribution in [2.75, 3.05) is 13.1 Å². The Labute approximate surface area is 127 Å². The number of rotatable bonds is 6. The summed E-state index contributed by atoms with van der Waals surface area (Å²) in [5.41, 5.74) is -0.248. The summed E-state index contributed by atoms with van der Waals surface area (Å²) in [4.78, 5) is 23.6. The van der Waals surface area contributed by atoms with Gasteiger partial charge in [-0.3, -0.25) is 9.59 Å². The highest BCUT2D eigenvalue weighted by Gasteiger charge is 2.23. The molecule has 1 unspecified atom stereocenters. The van der Waals surface area contributed by atoms with Gasteiger partial charge >= 0.3 is 0 Å². The fourth-order valence-electron chi connectivity index (χ4n) is 2.41. The van der Waals surface area contributed by atoms with Crippen LogP contribution in [-0.2, 0) is 9.59 Å². The van der Waals surface area contributed by atoms with Crippen LogP contribution in [0.5, 0.6) is 0 Å². The Morgan fingerprint density at radius 3 is 2.33 bits per heavy atom. The lowest BCUT2D eigenvalue weighted by molar-refractivity contribution is -0.126. The van der Waals surface area contributed by atoms with Crippen LogP contribution in [0.3, 0.4) is 0 Å². The summed E-state index contributed by atoms with van der Waals surface area (Å²) in [5.74, 6) is 0.0731. The van der Waals surface area contributed by atoms with E-state index in [4.69, 9.17) is 0 Å². The lowest BCUT2D eigenvalue weighted by Gasteiger charge is -2.26. The van der Waals surface area contributed by atoms with Crippen molar-refractivity contribution in [3.05, 3.63) is 0 Å². The molecule has 0 aromatic rings. The Bertz CT molecular complexity index is 344. The van der Waals surface area contributed by atoms with Gasteiger partial charge in [0, 0.05) is 25.4 Å². The highest BCUT2D eigenvalue weighted by Crippen LogP contribution is 2.23. The van der Waals surface area contributed by atoms with E-state index in [9.17, 15) is 14.7 Å². The number of amides is 2. The van der Waals surface area contributed by atoms with E-state index in [0.29, 0.717) is 6.54 Å². The van der Waals surface area contributed by atoms with Crippen molar-refractivity contribution < 1.29 is 14.7 Å². The number of hydrogen-bond donors (Lipinski definition) is 3. The molecule has 3 N–H and O–H groups in total. The molecule has 21 heavy (non-hydrogen) atoms. The van der Waals surface area contributed by atoms with Gasteiger partial charge in [0.25, 0.3) is 0 Å². The van der Waals surface area contributed by atoms with Gasteiger partial charge in [-0.25, -0.2) is 0 Å². The number of aliphatic hydroxyl groups excluding tert-OH is 1. The summed E-state index contributed by atoms with van der Waals surface area (Å²) in [6.45, 7) is 6.39. The van der Waals surface area contributed by atoms with Crippen molar-refractivity contribution >= 4 is 11.8 Å². The van der Waals surface area contributed by atoms with Gasteiger partial charge in [-0.05, 0) is 18.3 Å². The third-order valence-corrected chi connectivity index (χ3v) is 4.12. The molecular weight excluding hydrogens is 268 g/mol. The minimum atomic E-state index is -0.571.